The van der Waals surface area contributed by atoms with Crippen molar-refractivity contribution in [3.8, 4) is 16.9 Å². The monoisotopic (exact) mass is 501 g/mol. The number of alkyl halides is 3. The van der Waals surface area contributed by atoms with Crippen LogP contribution in [0.25, 0.3) is 11.1 Å². The SMILES string of the molecule is COC(=O)Cc1ccc(OC)c(-c2ccc(C(F)(F)F)cc2CNC(=O)OCCc2ccccc2)c1. The molecular weight excluding hydrogens is 475 g/mol. The summed E-state index contributed by atoms with van der Waals surface area (Å²) >= 11 is 0. The minimum absolute atomic E-state index is 0.0184. The Hall–Kier alpha value is -4.01. The molecular formula is C27H26F3NO5. The van der Waals surface area contributed by atoms with Gasteiger partial charge in [0.05, 0.1) is 32.8 Å². The maximum Gasteiger partial charge on any atom is 0.416 e. The first-order valence-corrected chi connectivity index (χ1v) is 11.1. The molecule has 3 aromatic carbocycles. The summed E-state index contributed by atoms with van der Waals surface area (Å²) in [5.74, 6) is -0.0614. The molecule has 0 bridgehead atoms. The second-order valence-corrected chi connectivity index (χ2v) is 7.88. The zero-order chi connectivity index (χ0) is 26.1. The van der Waals surface area contributed by atoms with Crippen LogP contribution in [0, 0.1) is 0 Å². The average Bonchev–Trinajstić information content (AvgIpc) is 2.87. The van der Waals surface area contributed by atoms with Gasteiger partial charge < -0.3 is 19.5 Å². The minimum atomic E-state index is -4.57. The number of benzene rings is 3. The highest BCUT2D eigenvalue weighted by molar-refractivity contribution is 5.78. The third-order valence-electron chi connectivity index (χ3n) is 5.45. The Bertz CT molecular complexity index is 1200. The topological polar surface area (TPSA) is 73.9 Å². The van der Waals surface area contributed by atoms with E-state index in [4.69, 9.17) is 14.2 Å². The summed E-state index contributed by atoms with van der Waals surface area (Å²) in [5.41, 5.74) is 1.82. The Labute approximate surface area is 207 Å². The van der Waals surface area contributed by atoms with Crippen molar-refractivity contribution in [2.75, 3.05) is 20.8 Å². The zero-order valence-electron chi connectivity index (χ0n) is 19.9. The van der Waals surface area contributed by atoms with Crippen molar-refractivity contribution in [1.29, 1.82) is 0 Å². The fraction of sp³-hybridized carbons (Fsp3) is 0.259. The van der Waals surface area contributed by atoms with Gasteiger partial charge in [0.1, 0.15) is 5.75 Å². The summed E-state index contributed by atoms with van der Waals surface area (Å²) in [4.78, 5) is 24.0. The summed E-state index contributed by atoms with van der Waals surface area (Å²) in [6.45, 7) is -0.0947. The van der Waals surface area contributed by atoms with Crippen LogP contribution in [0.4, 0.5) is 18.0 Å². The van der Waals surface area contributed by atoms with Gasteiger partial charge in [0.25, 0.3) is 0 Å². The molecule has 0 unspecified atom stereocenters. The number of nitrogens with one attached hydrogen (secondary N) is 1. The number of halogens is 3. The smallest absolute Gasteiger partial charge is 0.416 e. The molecule has 0 aliphatic rings. The molecule has 0 saturated heterocycles. The van der Waals surface area contributed by atoms with Crippen LogP contribution in [0.3, 0.4) is 0 Å². The molecule has 0 spiro atoms. The van der Waals surface area contributed by atoms with Crippen molar-refractivity contribution in [2.24, 2.45) is 0 Å². The van der Waals surface area contributed by atoms with Crippen molar-refractivity contribution < 1.29 is 37.0 Å². The Morgan fingerprint density at radius 3 is 2.31 bits per heavy atom. The van der Waals surface area contributed by atoms with E-state index in [9.17, 15) is 22.8 Å². The zero-order valence-corrected chi connectivity index (χ0v) is 19.9. The van der Waals surface area contributed by atoms with Crippen LogP contribution in [0.1, 0.15) is 22.3 Å². The molecule has 0 saturated carbocycles. The molecule has 0 fully saturated rings. The number of esters is 1. The number of hydrogen-bond acceptors (Lipinski definition) is 5. The maximum atomic E-state index is 13.4. The van der Waals surface area contributed by atoms with E-state index in [0.29, 0.717) is 28.9 Å². The lowest BCUT2D eigenvalue weighted by Gasteiger charge is -2.17. The maximum absolute atomic E-state index is 13.4. The first-order chi connectivity index (χ1) is 17.2. The normalized spacial score (nSPS) is 11.0. The van der Waals surface area contributed by atoms with Crippen molar-refractivity contribution in [1.82, 2.24) is 5.32 Å². The summed E-state index contributed by atoms with van der Waals surface area (Å²) in [6, 6.07) is 17.6. The van der Waals surface area contributed by atoms with E-state index in [1.165, 1.54) is 20.3 Å². The summed E-state index contributed by atoms with van der Waals surface area (Å²) in [5, 5.41) is 2.52. The molecule has 0 aliphatic heterocycles. The molecule has 190 valence electrons. The molecule has 0 aromatic heterocycles. The van der Waals surface area contributed by atoms with Crippen molar-refractivity contribution in [3.63, 3.8) is 0 Å². The molecule has 1 N–H and O–H groups in total. The number of hydrogen-bond donors (Lipinski definition) is 1. The summed E-state index contributed by atoms with van der Waals surface area (Å²) in [6.07, 6.45) is -4.83. The Morgan fingerprint density at radius 1 is 0.889 bits per heavy atom. The van der Waals surface area contributed by atoms with E-state index in [1.807, 2.05) is 30.3 Å². The Kier molecular flexibility index (Phi) is 8.94. The lowest BCUT2D eigenvalue weighted by Crippen LogP contribution is -2.25. The van der Waals surface area contributed by atoms with E-state index in [2.05, 4.69) is 5.32 Å². The number of ether oxygens (including phenoxy) is 3. The van der Waals surface area contributed by atoms with Gasteiger partial charge in [-0.05, 0) is 46.5 Å². The third-order valence-corrected chi connectivity index (χ3v) is 5.45. The lowest BCUT2D eigenvalue weighted by molar-refractivity contribution is -0.140. The van der Waals surface area contributed by atoms with Gasteiger partial charge in [-0.1, -0.05) is 42.5 Å². The van der Waals surface area contributed by atoms with Crippen LogP contribution < -0.4 is 10.1 Å². The van der Waals surface area contributed by atoms with Crippen LogP contribution in [0.2, 0.25) is 0 Å². The summed E-state index contributed by atoms with van der Waals surface area (Å²) in [7, 11) is 2.70. The fourth-order valence-corrected chi connectivity index (χ4v) is 3.62. The quantitative estimate of drug-likeness (QED) is 0.389. The second kappa shape index (κ2) is 12.1. The number of methoxy groups -OCH3 is 2. The average molecular weight is 502 g/mol. The predicted molar refractivity (Wildman–Crippen MR) is 127 cm³/mol. The van der Waals surface area contributed by atoms with Gasteiger partial charge in [-0.3, -0.25) is 4.79 Å². The summed E-state index contributed by atoms with van der Waals surface area (Å²) < 4.78 is 55.6. The third kappa shape index (κ3) is 7.24. The van der Waals surface area contributed by atoms with Crippen molar-refractivity contribution >= 4 is 12.1 Å². The number of alkyl carbamates (subject to hydrolysis) is 1. The Balaban J connectivity index is 1.83. The highest BCUT2D eigenvalue weighted by Crippen LogP contribution is 2.37. The highest BCUT2D eigenvalue weighted by atomic mass is 19.4. The molecule has 3 rings (SSSR count). The van der Waals surface area contributed by atoms with Gasteiger partial charge >= 0.3 is 18.2 Å². The van der Waals surface area contributed by atoms with E-state index in [0.717, 1.165) is 17.7 Å². The van der Waals surface area contributed by atoms with Crippen LogP contribution in [0.15, 0.2) is 66.7 Å². The molecule has 0 radical (unpaired) electrons. The highest BCUT2D eigenvalue weighted by Gasteiger charge is 2.31. The van der Waals surface area contributed by atoms with Crippen LogP contribution in [-0.2, 0) is 39.8 Å². The number of carbonyl (C=O) groups excluding carboxylic acids is 2. The van der Waals surface area contributed by atoms with Gasteiger partial charge in [-0.2, -0.15) is 13.2 Å². The molecule has 0 atom stereocenters. The van der Waals surface area contributed by atoms with Crippen molar-refractivity contribution in [2.45, 2.75) is 25.6 Å². The van der Waals surface area contributed by atoms with Crippen molar-refractivity contribution in [3.05, 3.63) is 89.0 Å². The van der Waals surface area contributed by atoms with Gasteiger partial charge in [0, 0.05) is 18.5 Å². The molecule has 0 aliphatic carbocycles. The van der Waals surface area contributed by atoms with Gasteiger partial charge in [-0.15, -0.1) is 0 Å². The minimum Gasteiger partial charge on any atom is -0.496 e. The number of rotatable bonds is 9. The van der Waals surface area contributed by atoms with E-state index >= 15 is 0 Å². The van der Waals surface area contributed by atoms with Gasteiger partial charge in [0.2, 0.25) is 0 Å². The number of amides is 1. The first-order valence-electron chi connectivity index (χ1n) is 11.1. The fourth-order valence-electron chi connectivity index (χ4n) is 3.62. The molecule has 9 heteroatoms. The van der Waals surface area contributed by atoms with Gasteiger partial charge in [-0.25, -0.2) is 4.79 Å². The molecule has 1 amide bonds. The van der Waals surface area contributed by atoms with Crippen LogP contribution in [0.5, 0.6) is 5.75 Å². The van der Waals surface area contributed by atoms with Gasteiger partial charge in [0.15, 0.2) is 0 Å². The molecule has 6 nitrogen and oxygen atoms in total. The lowest BCUT2D eigenvalue weighted by atomic mass is 9.94. The number of carbonyl (C=O) groups is 2. The Morgan fingerprint density at radius 2 is 1.64 bits per heavy atom. The standard InChI is InChI=1S/C27H26F3NO5/c1-34-24-11-8-19(15-25(32)35-2)14-23(24)22-10-9-21(27(28,29)30)16-20(22)17-31-26(33)36-13-12-18-6-4-3-5-7-18/h3-11,14,16H,12-13,15,17H2,1-2H3,(H,31,33). The largest absolute Gasteiger partial charge is 0.496 e. The van der Waals surface area contributed by atoms with Crippen LogP contribution >= 0.6 is 0 Å². The molecule has 0 heterocycles. The van der Waals surface area contributed by atoms with E-state index < -0.39 is 23.8 Å². The first kappa shape index (κ1) is 26.6. The molecule has 36 heavy (non-hydrogen) atoms. The van der Waals surface area contributed by atoms with Crippen LogP contribution in [-0.4, -0.2) is 32.9 Å². The molecule has 3 aromatic rings. The predicted octanol–water partition coefficient (Wildman–Crippen LogP) is 5.57. The van der Waals surface area contributed by atoms with E-state index in [1.54, 1.807) is 18.2 Å². The second-order valence-electron chi connectivity index (χ2n) is 7.88. The van der Waals surface area contributed by atoms with E-state index in [-0.39, 0.29) is 25.1 Å².